The van der Waals surface area contributed by atoms with Crippen molar-refractivity contribution in [2.24, 2.45) is 0 Å². The van der Waals surface area contributed by atoms with Crippen LogP contribution in [0.4, 0.5) is 0 Å². The van der Waals surface area contributed by atoms with E-state index in [-0.39, 0.29) is 24.3 Å². The van der Waals surface area contributed by atoms with Crippen molar-refractivity contribution in [3.63, 3.8) is 0 Å². The lowest BCUT2D eigenvalue weighted by Crippen LogP contribution is -2.39. The highest BCUT2D eigenvalue weighted by Crippen LogP contribution is 2.28. The highest BCUT2D eigenvalue weighted by atomic mass is 28.4. The first-order chi connectivity index (χ1) is 5.91. The van der Waals surface area contributed by atoms with Crippen LogP contribution in [0.5, 0.6) is 0 Å². The van der Waals surface area contributed by atoms with Crippen LogP contribution < -0.4 is 0 Å². The van der Waals surface area contributed by atoms with Crippen LogP contribution in [0.2, 0.25) is 30.0 Å². The SMILES string of the molecule is CC(C)(O)[SiH2]C(C)(C)[SiH2]C[Si](C)(C)C. The van der Waals surface area contributed by atoms with Gasteiger partial charge < -0.3 is 5.11 Å². The molecule has 0 spiro atoms. The Hall–Kier alpha value is 0.611. The summed E-state index contributed by atoms with van der Waals surface area (Å²) >= 11 is 0. The quantitative estimate of drug-likeness (QED) is 0.731. The van der Waals surface area contributed by atoms with E-state index in [0.717, 1.165) is 0 Å². The smallest absolute Gasteiger partial charge is 0.0608 e. The van der Waals surface area contributed by atoms with Crippen LogP contribution in [-0.2, 0) is 0 Å². The summed E-state index contributed by atoms with van der Waals surface area (Å²) in [5.41, 5.74) is 1.53. The average Bonchev–Trinajstić information content (AvgIpc) is 1.76. The molecule has 1 nitrogen and oxygen atoms in total. The second-order valence-electron chi connectivity index (χ2n) is 7.21. The van der Waals surface area contributed by atoms with Crippen molar-refractivity contribution < 1.29 is 5.11 Å². The summed E-state index contributed by atoms with van der Waals surface area (Å²) in [4.78, 5) is 0. The fraction of sp³-hybridized carbons (Fsp3) is 1.00. The minimum atomic E-state index is -0.840. The van der Waals surface area contributed by atoms with E-state index in [0.29, 0.717) is 4.66 Å². The maximum Gasteiger partial charge on any atom is 0.0608 e. The Labute approximate surface area is 95.3 Å². The van der Waals surface area contributed by atoms with E-state index in [1.807, 2.05) is 13.8 Å². The van der Waals surface area contributed by atoms with Gasteiger partial charge in [0.2, 0.25) is 0 Å². The summed E-state index contributed by atoms with van der Waals surface area (Å²) in [5, 5.41) is 9.53. The molecular weight excluding hydrogens is 220 g/mol. The molecule has 14 heavy (non-hydrogen) atoms. The van der Waals surface area contributed by atoms with Crippen LogP contribution in [0.15, 0.2) is 0 Å². The Morgan fingerprint density at radius 2 is 1.50 bits per heavy atom. The zero-order valence-corrected chi connectivity index (χ0v) is 14.9. The minimum absolute atomic E-state index is 0.0187. The monoisotopic (exact) mass is 248 g/mol. The number of aliphatic hydroxyl groups is 1. The molecule has 0 aromatic rings. The van der Waals surface area contributed by atoms with Crippen molar-refractivity contribution >= 4 is 27.1 Å². The van der Waals surface area contributed by atoms with Gasteiger partial charge in [0.1, 0.15) is 0 Å². The lowest BCUT2D eigenvalue weighted by atomic mass is 10.5. The molecule has 0 aromatic heterocycles. The van der Waals surface area contributed by atoms with Gasteiger partial charge >= 0.3 is 0 Å². The van der Waals surface area contributed by atoms with Gasteiger partial charge in [0.05, 0.1) is 9.52 Å². The molecule has 0 radical (unpaired) electrons. The predicted octanol–water partition coefficient (Wildman–Crippen LogP) is 1.50. The van der Waals surface area contributed by atoms with Crippen molar-refractivity contribution in [3.8, 4) is 0 Å². The number of hydrogen-bond acceptors (Lipinski definition) is 1. The zero-order valence-electron chi connectivity index (χ0n) is 11.1. The van der Waals surface area contributed by atoms with Gasteiger partial charge in [-0.05, 0) is 13.8 Å². The van der Waals surface area contributed by atoms with Crippen LogP contribution in [0.1, 0.15) is 27.7 Å². The summed E-state index contributed by atoms with van der Waals surface area (Å²) in [6.45, 7) is 16.1. The highest BCUT2D eigenvalue weighted by molar-refractivity contribution is 6.85. The maximum absolute atomic E-state index is 9.88. The van der Waals surface area contributed by atoms with Crippen molar-refractivity contribution in [2.75, 3.05) is 0 Å². The molecule has 0 aliphatic rings. The molecule has 0 saturated carbocycles. The first kappa shape index (κ1) is 14.6. The number of rotatable bonds is 5. The first-order valence-electron chi connectivity index (χ1n) is 5.64. The molecule has 0 aliphatic heterocycles. The van der Waals surface area contributed by atoms with Crippen molar-refractivity contribution in [2.45, 2.75) is 62.9 Å². The van der Waals surface area contributed by atoms with E-state index < -0.39 is 8.07 Å². The van der Waals surface area contributed by atoms with Gasteiger partial charge in [0.15, 0.2) is 0 Å². The number of hydrogen-bond donors (Lipinski definition) is 1. The van der Waals surface area contributed by atoms with Crippen molar-refractivity contribution in [1.29, 1.82) is 0 Å². The van der Waals surface area contributed by atoms with Crippen LogP contribution in [-0.4, -0.2) is 37.4 Å². The van der Waals surface area contributed by atoms with E-state index in [1.165, 1.54) is 5.67 Å². The standard InChI is InChI=1S/C10H28OSi3/c1-9(2,11)13-10(3,4)12-8-14(5,6)7/h11H,8,12-13H2,1-7H3. The zero-order chi connectivity index (χ0) is 11.6. The molecular formula is C10H28OSi3. The topological polar surface area (TPSA) is 20.2 Å². The van der Waals surface area contributed by atoms with Crippen LogP contribution in [0, 0.1) is 0 Å². The minimum Gasteiger partial charge on any atom is -0.395 e. The summed E-state index contributed by atoms with van der Waals surface area (Å²) in [5.74, 6) is 0. The predicted molar refractivity (Wildman–Crippen MR) is 75.6 cm³/mol. The third-order valence-corrected chi connectivity index (χ3v) is 14.4. The summed E-state index contributed by atoms with van der Waals surface area (Å²) < 4.78 is 0.554. The Morgan fingerprint density at radius 3 is 1.79 bits per heavy atom. The van der Waals surface area contributed by atoms with Gasteiger partial charge in [-0.2, -0.15) is 0 Å². The van der Waals surface area contributed by atoms with Crippen LogP contribution >= 0.6 is 0 Å². The van der Waals surface area contributed by atoms with Crippen molar-refractivity contribution in [3.05, 3.63) is 0 Å². The Morgan fingerprint density at radius 1 is 1.07 bits per heavy atom. The van der Waals surface area contributed by atoms with Crippen LogP contribution in [0.25, 0.3) is 0 Å². The normalized spacial score (nSPS) is 16.3. The summed E-state index contributed by atoms with van der Waals surface area (Å²) in [6, 6.07) is 0. The molecule has 0 saturated heterocycles. The molecule has 0 aromatic carbocycles. The molecule has 0 amide bonds. The van der Waals surface area contributed by atoms with Gasteiger partial charge in [0, 0.05) is 22.8 Å². The molecule has 86 valence electrons. The summed E-state index contributed by atoms with van der Waals surface area (Å²) in [7, 11) is -1.17. The third kappa shape index (κ3) is 9.18. The maximum atomic E-state index is 9.88. The van der Waals surface area contributed by atoms with Crippen LogP contribution in [0.3, 0.4) is 0 Å². The lowest BCUT2D eigenvalue weighted by Gasteiger charge is -2.32. The molecule has 4 heteroatoms. The van der Waals surface area contributed by atoms with E-state index in [9.17, 15) is 5.11 Å². The van der Waals surface area contributed by atoms with Crippen molar-refractivity contribution in [1.82, 2.24) is 0 Å². The van der Waals surface area contributed by atoms with Gasteiger partial charge in [-0.1, -0.05) is 43.8 Å². The van der Waals surface area contributed by atoms with E-state index >= 15 is 0 Å². The average molecular weight is 249 g/mol. The molecule has 0 aliphatic carbocycles. The highest BCUT2D eigenvalue weighted by Gasteiger charge is 2.29. The molecule has 0 rings (SSSR count). The Kier molecular flexibility index (Phi) is 4.84. The second kappa shape index (κ2) is 4.63. The van der Waals surface area contributed by atoms with Gasteiger partial charge in [0.25, 0.3) is 0 Å². The molecule has 0 bridgehead atoms. The Balaban J connectivity index is 4.09. The first-order valence-corrected chi connectivity index (χ1v) is 12.5. The molecule has 0 fully saturated rings. The van der Waals surface area contributed by atoms with Gasteiger partial charge in [-0.15, -0.1) is 0 Å². The molecule has 0 unspecified atom stereocenters. The summed E-state index contributed by atoms with van der Waals surface area (Å²) in [6.07, 6.45) is 0. The van der Waals surface area contributed by atoms with Gasteiger partial charge in [-0.3, -0.25) is 0 Å². The largest absolute Gasteiger partial charge is 0.395 e. The molecule has 1 N–H and O–H groups in total. The Bertz CT molecular complexity index is 177. The van der Waals surface area contributed by atoms with E-state index in [4.69, 9.17) is 0 Å². The fourth-order valence-electron chi connectivity index (χ4n) is 1.97. The van der Waals surface area contributed by atoms with Gasteiger partial charge in [-0.25, -0.2) is 0 Å². The second-order valence-corrected chi connectivity index (χ2v) is 21.7. The molecule has 0 heterocycles. The van der Waals surface area contributed by atoms with E-state index in [2.05, 4.69) is 33.5 Å². The third-order valence-electron chi connectivity index (χ3n) is 2.46. The molecule has 0 atom stereocenters. The fourth-order valence-corrected chi connectivity index (χ4v) is 14.2. The lowest BCUT2D eigenvalue weighted by molar-refractivity contribution is 0.163. The van der Waals surface area contributed by atoms with E-state index in [1.54, 1.807) is 0 Å².